The van der Waals surface area contributed by atoms with Gasteiger partial charge in [-0.3, -0.25) is 0 Å². The third-order valence-corrected chi connectivity index (χ3v) is 5.47. The Kier molecular flexibility index (Phi) is 5.01. The second-order valence-corrected chi connectivity index (χ2v) is 7.26. The van der Waals surface area contributed by atoms with Crippen molar-refractivity contribution in [1.82, 2.24) is 9.13 Å². The molecular weight excluding hydrogens is 358 g/mol. The first kappa shape index (κ1) is 17.8. The van der Waals surface area contributed by atoms with Crippen LogP contribution in [0.4, 0.5) is 0 Å². The van der Waals surface area contributed by atoms with E-state index in [1.807, 2.05) is 47.3 Å². The Hall–Kier alpha value is -2.57. The molecule has 27 heavy (non-hydrogen) atoms. The minimum Gasteiger partial charge on any atom is -0.508 e. The lowest BCUT2D eigenvalue weighted by atomic mass is 9.97. The smallest absolute Gasteiger partial charge is 0.180 e. The van der Waals surface area contributed by atoms with Crippen LogP contribution in [-0.2, 0) is 19.4 Å². The highest BCUT2D eigenvalue weighted by atomic mass is 32.1. The summed E-state index contributed by atoms with van der Waals surface area (Å²) in [4.78, 5) is 0. The van der Waals surface area contributed by atoms with Crippen LogP contribution in [0.1, 0.15) is 22.7 Å². The van der Waals surface area contributed by atoms with Crippen LogP contribution in [0.25, 0.3) is 0 Å². The Morgan fingerprint density at radius 2 is 2.00 bits per heavy atom. The van der Waals surface area contributed by atoms with Crippen LogP contribution in [-0.4, -0.2) is 27.4 Å². The normalized spacial score (nSPS) is 16.0. The number of hydrogen-bond donors (Lipinski definition) is 2. The van der Waals surface area contributed by atoms with E-state index >= 15 is 0 Å². The maximum Gasteiger partial charge on any atom is 0.180 e. The van der Waals surface area contributed by atoms with Crippen molar-refractivity contribution < 1.29 is 9.84 Å². The Morgan fingerprint density at radius 3 is 2.78 bits per heavy atom. The maximum atomic E-state index is 10.5. The molecule has 0 saturated heterocycles. The summed E-state index contributed by atoms with van der Waals surface area (Å²) in [5, 5.41) is 10.5. The van der Waals surface area contributed by atoms with E-state index in [1.165, 1.54) is 0 Å². The molecule has 2 heterocycles. The van der Waals surface area contributed by atoms with E-state index in [4.69, 9.17) is 22.7 Å². The van der Waals surface area contributed by atoms with E-state index in [0.717, 1.165) is 33.6 Å². The molecule has 140 valence electrons. The van der Waals surface area contributed by atoms with Gasteiger partial charge in [0.1, 0.15) is 18.1 Å². The minimum atomic E-state index is 0.114. The minimum absolute atomic E-state index is 0.114. The van der Waals surface area contributed by atoms with E-state index in [2.05, 4.69) is 16.7 Å². The Bertz CT molecular complexity index is 994. The van der Waals surface area contributed by atoms with Crippen molar-refractivity contribution in [2.75, 3.05) is 13.2 Å². The lowest BCUT2D eigenvalue weighted by Gasteiger charge is -2.27. The van der Waals surface area contributed by atoms with E-state index in [0.29, 0.717) is 31.9 Å². The second kappa shape index (κ2) is 7.58. The number of rotatable bonds is 5. The largest absolute Gasteiger partial charge is 0.508 e. The molecular formula is C21H23N3O2S. The van der Waals surface area contributed by atoms with Gasteiger partial charge in [-0.05, 0) is 35.5 Å². The molecule has 3 aromatic rings. The molecule has 6 heteroatoms. The fourth-order valence-corrected chi connectivity index (χ4v) is 3.96. The molecule has 3 N–H and O–H groups in total. The molecule has 0 spiro atoms. The van der Waals surface area contributed by atoms with Gasteiger partial charge in [0, 0.05) is 43.9 Å². The SMILES string of the molecule is NCCn1ccn(C2COc3cc(Cc4ccccc4)c(O)cc3C2)c1=S. The Balaban J connectivity index is 1.57. The van der Waals surface area contributed by atoms with Gasteiger partial charge in [0.05, 0.1) is 6.04 Å². The van der Waals surface area contributed by atoms with Gasteiger partial charge in [0.15, 0.2) is 4.77 Å². The molecule has 0 aliphatic carbocycles. The summed E-state index contributed by atoms with van der Waals surface area (Å²) >= 11 is 5.56. The lowest BCUT2D eigenvalue weighted by molar-refractivity contribution is 0.221. The number of hydrogen-bond acceptors (Lipinski definition) is 4. The summed E-state index contributed by atoms with van der Waals surface area (Å²) in [6, 6.07) is 14.0. The van der Waals surface area contributed by atoms with Crippen LogP contribution in [0.3, 0.4) is 0 Å². The first-order valence-corrected chi connectivity index (χ1v) is 9.55. The third-order valence-electron chi connectivity index (χ3n) is 5.02. The van der Waals surface area contributed by atoms with Crippen LogP contribution in [0.5, 0.6) is 11.5 Å². The van der Waals surface area contributed by atoms with Crippen molar-refractivity contribution in [2.24, 2.45) is 5.73 Å². The fraction of sp³-hybridized carbons (Fsp3) is 0.286. The first-order valence-electron chi connectivity index (χ1n) is 9.14. The van der Waals surface area contributed by atoms with E-state index in [-0.39, 0.29) is 6.04 Å². The Morgan fingerprint density at radius 1 is 1.19 bits per heavy atom. The maximum absolute atomic E-state index is 10.5. The molecule has 2 aromatic carbocycles. The molecule has 1 aliphatic heterocycles. The molecule has 0 saturated carbocycles. The average Bonchev–Trinajstić information content (AvgIpc) is 3.04. The van der Waals surface area contributed by atoms with Gasteiger partial charge < -0.3 is 24.7 Å². The quantitative estimate of drug-likeness (QED) is 0.665. The number of aromatic hydroxyl groups is 1. The monoisotopic (exact) mass is 381 g/mol. The second-order valence-electron chi connectivity index (χ2n) is 6.89. The number of aromatic nitrogens is 2. The number of nitrogens with two attached hydrogens (primary N) is 1. The van der Waals surface area contributed by atoms with E-state index in [1.54, 1.807) is 0 Å². The number of imidazole rings is 1. The topological polar surface area (TPSA) is 65.3 Å². The summed E-state index contributed by atoms with van der Waals surface area (Å²) in [5.41, 5.74) is 8.69. The predicted octanol–water partition coefficient (Wildman–Crippen LogP) is 3.45. The van der Waals surface area contributed by atoms with Gasteiger partial charge in [-0.2, -0.15) is 0 Å². The van der Waals surface area contributed by atoms with Crippen LogP contribution in [0, 0.1) is 4.77 Å². The molecule has 0 fully saturated rings. The van der Waals surface area contributed by atoms with Crippen molar-refractivity contribution in [2.45, 2.75) is 25.4 Å². The molecule has 1 unspecified atom stereocenters. The van der Waals surface area contributed by atoms with Crippen LogP contribution >= 0.6 is 12.2 Å². The number of phenols is 1. The van der Waals surface area contributed by atoms with Crippen molar-refractivity contribution in [3.8, 4) is 11.5 Å². The zero-order valence-corrected chi connectivity index (χ0v) is 15.9. The van der Waals surface area contributed by atoms with Gasteiger partial charge in [-0.1, -0.05) is 30.3 Å². The zero-order chi connectivity index (χ0) is 18.8. The van der Waals surface area contributed by atoms with Gasteiger partial charge in [-0.25, -0.2) is 0 Å². The highest BCUT2D eigenvalue weighted by Gasteiger charge is 2.24. The number of ether oxygens (including phenoxy) is 1. The summed E-state index contributed by atoms with van der Waals surface area (Å²) in [5.74, 6) is 1.16. The van der Waals surface area contributed by atoms with Gasteiger partial charge in [0.25, 0.3) is 0 Å². The Labute approximate surface area is 163 Å². The molecule has 0 bridgehead atoms. The van der Waals surface area contributed by atoms with Gasteiger partial charge >= 0.3 is 0 Å². The van der Waals surface area contributed by atoms with E-state index < -0.39 is 0 Å². The van der Waals surface area contributed by atoms with E-state index in [9.17, 15) is 5.11 Å². The summed E-state index contributed by atoms with van der Waals surface area (Å²) < 4.78 is 10.8. The lowest BCUT2D eigenvalue weighted by Crippen LogP contribution is -2.24. The first-order chi connectivity index (χ1) is 13.2. The molecule has 0 radical (unpaired) electrons. The standard InChI is InChI=1S/C21H23N3O2S/c22-6-7-23-8-9-24(21(23)27)18-11-17-12-19(25)16(13-20(17)26-14-18)10-15-4-2-1-3-5-15/h1-5,8-9,12-13,18,25H,6-7,10-11,14,22H2. The molecule has 0 amide bonds. The number of fused-ring (bicyclic) bond motifs is 1. The summed E-state index contributed by atoms with van der Waals surface area (Å²) in [6.07, 6.45) is 5.40. The zero-order valence-electron chi connectivity index (χ0n) is 15.0. The molecule has 1 aromatic heterocycles. The third kappa shape index (κ3) is 3.63. The molecule has 1 atom stereocenters. The van der Waals surface area contributed by atoms with Crippen LogP contribution < -0.4 is 10.5 Å². The number of benzene rings is 2. The van der Waals surface area contributed by atoms with Crippen molar-refractivity contribution in [3.05, 3.63) is 76.3 Å². The number of phenolic OH excluding ortho intramolecular Hbond substituents is 1. The van der Waals surface area contributed by atoms with Crippen molar-refractivity contribution in [1.29, 1.82) is 0 Å². The highest BCUT2D eigenvalue weighted by molar-refractivity contribution is 7.71. The van der Waals surface area contributed by atoms with Crippen LogP contribution in [0.2, 0.25) is 0 Å². The van der Waals surface area contributed by atoms with Gasteiger partial charge in [-0.15, -0.1) is 0 Å². The average molecular weight is 382 g/mol. The fourth-order valence-electron chi connectivity index (χ4n) is 3.60. The van der Waals surface area contributed by atoms with Crippen molar-refractivity contribution in [3.63, 3.8) is 0 Å². The predicted molar refractivity (Wildman–Crippen MR) is 108 cm³/mol. The summed E-state index contributed by atoms with van der Waals surface area (Å²) in [6.45, 7) is 1.82. The number of nitrogens with zero attached hydrogens (tertiary/aromatic N) is 2. The van der Waals surface area contributed by atoms with Crippen LogP contribution in [0.15, 0.2) is 54.9 Å². The molecule has 1 aliphatic rings. The molecule has 5 nitrogen and oxygen atoms in total. The van der Waals surface area contributed by atoms with Gasteiger partial charge in [0.2, 0.25) is 0 Å². The van der Waals surface area contributed by atoms with Crippen molar-refractivity contribution >= 4 is 12.2 Å². The summed E-state index contributed by atoms with van der Waals surface area (Å²) in [7, 11) is 0. The molecule has 4 rings (SSSR count). The highest BCUT2D eigenvalue weighted by Crippen LogP contribution is 2.35.